The molecule has 0 atom stereocenters. The standard InChI is InChI=1S/C19H26N4O2S.HI/c1-15-6-4-7-16(10-15)12-22-19(20-2)23-13-17-8-5-9-18(11-17)14-26(24,25)21-3;/h4-11,21H,12-14H2,1-3H3,(H2,20,22,23);1H. The second-order valence-electron chi connectivity index (χ2n) is 6.05. The van der Waals surface area contributed by atoms with Gasteiger partial charge in [-0.15, -0.1) is 24.0 Å². The van der Waals surface area contributed by atoms with Gasteiger partial charge in [0.2, 0.25) is 10.0 Å². The Morgan fingerprint density at radius 1 is 0.963 bits per heavy atom. The summed E-state index contributed by atoms with van der Waals surface area (Å²) in [4.78, 5) is 4.22. The largest absolute Gasteiger partial charge is 0.352 e. The maximum atomic E-state index is 11.7. The van der Waals surface area contributed by atoms with Gasteiger partial charge < -0.3 is 10.6 Å². The van der Waals surface area contributed by atoms with Crippen LogP contribution in [0, 0.1) is 6.92 Å². The monoisotopic (exact) mass is 502 g/mol. The van der Waals surface area contributed by atoms with Gasteiger partial charge in [0, 0.05) is 20.1 Å². The third kappa shape index (κ3) is 8.27. The molecule has 6 nitrogen and oxygen atoms in total. The molecule has 0 aliphatic rings. The smallest absolute Gasteiger partial charge is 0.215 e. The van der Waals surface area contributed by atoms with Crippen molar-refractivity contribution < 1.29 is 8.42 Å². The van der Waals surface area contributed by atoms with E-state index in [1.54, 1.807) is 7.05 Å². The molecule has 0 aliphatic heterocycles. The Balaban J connectivity index is 0.00000364. The van der Waals surface area contributed by atoms with Crippen LogP contribution >= 0.6 is 24.0 Å². The molecule has 2 rings (SSSR count). The number of rotatable bonds is 7. The van der Waals surface area contributed by atoms with Crippen molar-refractivity contribution in [3.05, 3.63) is 70.8 Å². The van der Waals surface area contributed by atoms with E-state index in [9.17, 15) is 8.42 Å². The highest BCUT2D eigenvalue weighted by molar-refractivity contribution is 14.0. The van der Waals surface area contributed by atoms with Gasteiger partial charge in [-0.2, -0.15) is 0 Å². The summed E-state index contributed by atoms with van der Waals surface area (Å²) in [5, 5.41) is 6.53. The molecule has 2 aromatic carbocycles. The van der Waals surface area contributed by atoms with Gasteiger partial charge in [0.05, 0.1) is 5.75 Å². The summed E-state index contributed by atoms with van der Waals surface area (Å²) in [7, 11) is -0.130. The van der Waals surface area contributed by atoms with Gasteiger partial charge in [-0.3, -0.25) is 4.99 Å². The molecular formula is C19H27IN4O2S. The second kappa shape index (κ2) is 11.3. The average Bonchev–Trinajstić information content (AvgIpc) is 2.62. The lowest BCUT2D eigenvalue weighted by atomic mass is 10.1. The summed E-state index contributed by atoms with van der Waals surface area (Å²) >= 11 is 0. The minimum absolute atomic E-state index is 0. The predicted octanol–water partition coefficient (Wildman–Crippen LogP) is 2.53. The number of hydrogen-bond acceptors (Lipinski definition) is 3. The van der Waals surface area contributed by atoms with Crippen molar-refractivity contribution in [2.45, 2.75) is 25.8 Å². The first kappa shape index (κ1) is 23.4. The Morgan fingerprint density at radius 3 is 2.07 bits per heavy atom. The fourth-order valence-corrected chi connectivity index (χ4v) is 3.30. The second-order valence-corrected chi connectivity index (χ2v) is 7.98. The van der Waals surface area contributed by atoms with E-state index in [1.807, 2.05) is 30.3 Å². The topological polar surface area (TPSA) is 82.6 Å². The Labute approximate surface area is 178 Å². The van der Waals surface area contributed by atoms with Crippen molar-refractivity contribution in [1.29, 1.82) is 0 Å². The van der Waals surface area contributed by atoms with E-state index in [0.29, 0.717) is 19.0 Å². The molecule has 0 spiro atoms. The first-order valence-electron chi connectivity index (χ1n) is 8.41. The molecule has 0 heterocycles. The van der Waals surface area contributed by atoms with E-state index < -0.39 is 10.0 Å². The van der Waals surface area contributed by atoms with Gasteiger partial charge in [0.1, 0.15) is 0 Å². The van der Waals surface area contributed by atoms with Crippen molar-refractivity contribution in [3.63, 3.8) is 0 Å². The first-order valence-corrected chi connectivity index (χ1v) is 10.1. The zero-order valence-electron chi connectivity index (χ0n) is 15.8. The Morgan fingerprint density at radius 2 is 1.52 bits per heavy atom. The Hall–Kier alpha value is -1.65. The van der Waals surface area contributed by atoms with Gasteiger partial charge in [0.25, 0.3) is 0 Å². The molecule has 0 saturated heterocycles. The van der Waals surface area contributed by atoms with Crippen LogP contribution in [-0.4, -0.2) is 28.5 Å². The molecule has 148 valence electrons. The molecule has 0 aliphatic carbocycles. The number of halogens is 1. The van der Waals surface area contributed by atoms with E-state index in [1.165, 1.54) is 18.2 Å². The van der Waals surface area contributed by atoms with Crippen LogP contribution in [-0.2, 0) is 28.9 Å². The van der Waals surface area contributed by atoms with Crippen molar-refractivity contribution in [2.24, 2.45) is 4.99 Å². The number of aliphatic imine (C=N–C) groups is 1. The number of aryl methyl sites for hydroxylation is 1. The predicted molar refractivity (Wildman–Crippen MR) is 122 cm³/mol. The fraction of sp³-hybridized carbons (Fsp3) is 0.316. The normalized spacial score (nSPS) is 11.6. The number of benzene rings is 2. The van der Waals surface area contributed by atoms with Crippen LogP contribution in [0.1, 0.15) is 22.3 Å². The lowest BCUT2D eigenvalue weighted by molar-refractivity contribution is 0.587. The lowest BCUT2D eigenvalue weighted by Gasteiger charge is -2.13. The van der Waals surface area contributed by atoms with E-state index >= 15 is 0 Å². The van der Waals surface area contributed by atoms with Crippen LogP contribution in [0.25, 0.3) is 0 Å². The summed E-state index contributed by atoms with van der Waals surface area (Å²) in [6, 6.07) is 15.8. The third-order valence-corrected chi connectivity index (χ3v) is 5.22. The van der Waals surface area contributed by atoms with E-state index in [0.717, 1.165) is 11.1 Å². The van der Waals surface area contributed by atoms with Crippen LogP contribution in [0.5, 0.6) is 0 Å². The van der Waals surface area contributed by atoms with Gasteiger partial charge in [-0.1, -0.05) is 54.1 Å². The minimum Gasteiger partial charge on any atom is -0.352 e. The Kier molecular flexibility index (Phi) is 9.75. The molecule has 3 N–H and O–H groups in total. The number of guanidine groups is 1. The summed E-state index contributed by atoms with van der Waals surface area (Å²) in [6.07, 6.45) is 0. The first-order chi connectivity index (χ1) is 12.4. The zero-order valence-corrected chi connectivity index (χ0v) is 19.0. The van der Waals surface area contributed by atoms with Crippen molar-refractivity contribution in [1.82, 2.24) is 15.4 Å². The highest BCUT2D eigenvalue weighted by Crippen LogP contribution is 2.08. The van der Waals surface area contributed by atoms with E-state index in [2.05, 4.69) is 45.5 Å². The maximum absolute atomic E-state index is 11.7. The summed E-state index contributed by atoms with van der Waals surface area (Å²) in [5.74, 6) is 0.664. The van der Waals surface area contributed by atoms with Crippen LogP contribution in [0.2, 0.25) is 0 Å². The lowest BCUT2D eigenvalue weighted by Crippen LogP contribution is -2.36. The Bertz CT molecular complexity index is 870. The van der Waals surface area contributed by atoms with Crippen LogP contribution in [0.3, 0.4) is 0 Å². The van der Waals surface area contributed by atoms with Gasteiger partial charge in [-0.05, 0) is 30.7 Å². The van der Waals surface area contributed by atoms with Gasteiger partial charge >= 0.3 is 0 Å². The molecule has 0 bridgehead atoms. The zero-order chi connectivity index (χ0) is 19.0. The average molecular weight is 502 g/mol. The molecule has 0 aromatic heterocycles. The number of nitrogens with zero attached hydrogens (tertiary/aromatic N) is 1. The molecule has 27 heavy (non-hydrogen) atoms. The maximum Gasteiger partial charge on any atom is 0.215 e. The fourth-order valence-electron chi connectivity index (χ4n) is 2.54. The number of hydrogen-bond donors (Lipinski definition) is 3. The molecule has 0 radical (unpaired) electrons. The summed E-state index contributed by atoms with van der Waals surface area (Å²) < 4.78 is 25.7. The van der Waals surface area contributed by atoms with E-state index in [-0.39, 0.29) is 29.7 Å². The summed E-state index contributed by atoms with van der Waals surface area (Å²) in [6.45, 7) is 3.31. The molecule has 8 heteroatoms. The van der Waals surface area contributed by atoms with Crippen LogP contribution in [0.15, 0.2) is 53.5 Å². The minimum atomic E-state index is -3.27. The van der Waals surface area contributed by atoms with Gasteiger partial charge in [-0.25, -0.2) is 13.1 Å². The highest BCUT2D eigenvalue weighted by Gasteiger charge is 2.09. The molecular weight excluding hydrogens is 475 g/mol. The number of nitrogens with one attached hydrogen (secondary N) is 3. The molecule has 0 unspecified atom stereocenters. The molecule has 0 fully saturated rings. The SMILES string of the molecule is CN=C(NCc1cccc(C)c1)NCc1cccc(CS(=O)(=O)NC)c1.I. The van der Waals surface area contributed by atoms with Crippen molar-refractivity contribution >= 4 is 40.0 Å². The van der Waals surface area contributed by atoms with Crippen molar-refractivity contribution in [3.8, 4) is 0 Å². The van der Waals surface area contributed by atoms with Gasteiger partial charge in [0.15, 0.2) is 5.96 Å². The molecule has 2 aromatic rings. The quantitative estimate of drug-likeness (QED) is 0.309. The highest BCUT2D eigenvalue weighted by atomic mass is 127. The van der Waals surface area contributed by atoms with E-state index in [4.69, 9.17) is 0 Å². The number of sulfonamides is 1. The molecule has 0 amide bonds. The van der Waals surface area contributed by atoms with Crippen LogP contribution in [0.4, 0.5) is 0 Å². The third-order valence-electron chi connectivity index (χ3n) is 3.89. The summed E-state index contributed by atoms with van der Waals surface area (Å²) in [5.41, 5.74) is 4.15. The van der Waals surface area contributed by atoms with Crippen LogP contribution < -0.4 is 15.4 Å². The van der Waals surface area contributed by atoms with Crippen molar-refractivity contribution in [2.75, 3.05) is 14.1 Å². The molecule has 0 saturated carbocycles.